The average molecular weight is 167 g/mol. The second-order valence-electron chi connectivity index (χ2n) is 3.55. The van der Waals surface area contributed by atoms with Gasteiger partial charge >= 0.3 is 0 Å². The third-order valence-electron chi connectivity index (χ3n) is 2.64. The van der Waals surface area contributed by atoms with Crippen LogP contribution < -0.4 is 0 Å². The smallest absolute Gasteiger partial charge is 0.124 e. The van der Waals surface area contributed by atoms with Crippen molar-refractivity contribution < 1.29 is 4.52 Å². The van der Waals surface area contributed by atoms with Crippen molar-refractivity contribution in [3.05, 3.63) is 18.0 Å². The summed E-state index contributed by atoms with van der Waals surface area (Å²) in [5, 5.41) is 4.00. The molecule has 0 fully saturated rings. The van der Waals surface area contributed by atoms with Gasteiger partial charge in [-0.15, -0.1) is 0 Å². The summed E-state index contributed by atoms with van der Waals surface area (Å²) in [6.07, 6.45) is 5.14. The van der Waals surface area contributed by atoms with Gasteiger partial charge in [-0.05, 0) is 12.8 Å². The van der Waals surface area contributed by atoms with E-state index in [0.29, 0.717) is 0 Å². The summed E-state index contributed by atoms with van der Waals surface area (Å²) in [6.45, 7) is 6.65. The lowest BCUT2D eigenvalue weighted by molar-refractivity contribution is 0.351. The van der Waals surface area contributed by atoms with E-state index in [2.05, 4.69) is 25.9 Å². The Morgan fingerprint density at radius 3 is 2.67 bits per heavy atom. The van der Waals surface area contributed by atoms with Crippen LogP contribution in [0.5, 0.6) is 0 Å². The molecule has 2 heteroatoms. The van der Waals surface area contributed by atoms with Crippen LogP contribution in [0.15, 0.2) is 16.9 Å². The van der Waals surface area contributed by atoms with Crippen LogP contribution in [0.2, 0.25) is 0 Å². The van der Waals surface area contributed by atoms with Crippen molar-refractivity contribution in [3.63, 3.8) is 0 Å². The van der Waals surface area contributed by atoms with E-state index in [9.17, 15) is 0 Å². The Balaban J connectivity index is 2.80. The quantitative estimate of drug-likeness (QED) is 0.688. The third-order valence-corrected chi connectivity index (χ3v) is 2.64. The summed E-state index contributed by atoms with van der Waals surface area (Å²) in [6, 6.07) is 1.97. The first-order valence-corrected chi connectivity index (χ1v) is 4.64. The SMILES string of the molecule is CCC[C@@](C)(CC)c1ccon1. The number of nitrogens with zero attached hydrogens (tertiary/aromatic N) is 1. The minimum absolute atomic E-state index is 0.210. The van der Waals surface area contributed by atoms with Gasteiger partial charge in [0.1, 0.15) is 6.26 Å². The lowest BCUT2D eigenvalue weighted by Gasteiger charge is -2.24. The standard InChI is InChI=1S/C10H17NO/c1-4-7-10(3,5-2)9-6-8-12-11-9/h6,8H,4-5,7H2,1-3H3/t10-/m1/s1. The van der Waals surface area contributed by atoms with E-state index in [-0.39, 0.29) is 5.41 Å². The van der Waals surface area contributed by atoms with Crippen LogP contribution in [0.3, 0.4) is 0 Å². The van der Waals surface area contributed by atoms with Gasteiger partial charge in [-0.2, -0.15) is 0 Å². The molecule has 0 saturated carbocycles. The first kappa shape index (κ1) is 9.30. The molecular weight excluding hydrogens is 150 g/mol. The third kappa shape index (κ3) is 1.68. The maximum Gasteiger partial charge on any atom is 0.124 e. The Labute approximate surface area is 74.0 Å². The summed E-state index contributed by atoms with van der Waals surface area (Å²) in [4.78, 5) is 0. The zero-order valence-electron chi connectivity index (χ0n) is 8.13. The fraction of sp³-hybridized carbons (Fsp3) is 0.700. The van der Waals surface area contributed by atoms with Gasteiger partial charge in [-0.1, -0.05) is 32.3 Å². The molecule has 0 spiro atoms. The fourth-order valence-corrected chi connectivity index (χ4v) is 1.56. The van der Waals surface area contributed by atoms with Crippen LogP contribution in [0.1, 0.15) is 45.7 Å². The number of aromatic nitrogens is 1. The minimum atomic E-state index is 0.210. The normalized spacial score (nSPS) is 15.9. The van der Waals surface area contributed by atoms with E-state index in [4.69, 9.17) is 4.52 Å². The van der Waals surface area contributed by atoms with Crippen molar-refractivity contribution in [2.24, 2.45) is 0 Å². The van der Waals surface area contributed by atoms with Crippen LogP contribution in [-0.4, -0.2) is 5.16 Å². The highest BCUT2D eigenvalue weighted by atomic mass is 16.5. The van der Waals surface area contributed by atoms with Crippen LogP contribution >= 0.6 is 0 Å². The van der Waals surface area contributed by atoms with Gasteiger partial charge in [0.15, 0.2) is 0 Å². The van der Waals surface area contributed by atoms with E-state index in [0.717, 1.165) is 12.1 Å². The summed E-state index contributed by atoms with van der Waals surface area (Å²) < 4.78 is 4.86. The Hall–Kier alpha value is -0.790. The van der Waals surface area contributed by atoms with Crippen LogP contribution in [0.4, 0.5) is 0 Å². The van der Waals surface area contributed by atoms with E-state index in [1.807, 2.05) is 6.07 Å². The van der Waals surface area contributed by atoms with E-state index in [1.165, 1.54) is 12.8 Å². The van der Waals surface area contributed by atoms with Gasteiger partial charge in [-0.3, -0.25) is 0 Å². The zero-order chi connectivity index (χ0) is 9.03. The van der Waals surface area contributed by atoms with E-state index in [1.54, 1.807) is 6.26 Å². The molecule has 0 N–H and O–H groups in total. The van der Waals surface area contributed by atoms with Gasteiger partial charge in [0.25, 0.3) is 0 Å². The van der Waals surface area contributed by atoms with Crippen molar-refractivity contribution in [1.82, 2.24) is 5.16 Å². The van der Waals surface area contributed by atoms with Gasteiger partial charge in [0.2, 0.25) is 0 Å². The molecule has 1 aromatic heterocycles. The molecule has 0 radical (unpaired) electrons. The predicted molar refractivity (Wildman–Crippen MR) is 49.1 cm³/mol. The largest absolute Gasteiger partial charge is 0.364 e. The summed E-state index contributed by atoms with van der Waals surface area (Å²) in [7, 11) is 0. The zero-order valence-corrected chi connectivity index (χ0v) is 8.13. The molecule has 0 aliphatic carbocycles. The van der Waals surface area contributed by atoms with Crippen molar-refractivity contribution in [2.45, 2.75) is 45.4 Å². The second-order valence-corrected chi connectivity index (χ2v) is 3.55. The highest BCUT2D eigenvalue weighted by molar-refractivity contribution is 5.11. The van der Waals surface area contributed by atoms with Crippen LogP contribution in [0.25, 0.3) is 0 Å². The summed E-state index contributed by atoms with van der Waals surface area (Å²) in [5.74, 6) is 0. The molecule has 0 bridgehead atoms. The summed E-state index contributed by atoms with van der Waals surface area (Å²) in [5.41, 5.74) is 1.30. The minimum Gasteiger partial charge on any atom is -0.364 e. The van der Waals surface area contributed by atoms with Crippen LogP contribution in [-0.2, 0) is 5.41 Å². The number of hydrogen-bond donors (Lipinski definition) is 0. The van der Waals surface area contributed by atoms with Crippen molar-refractivity contribution in [3.8, 4) is 0 Å². The first-order chi connectivity index (χ1) is 5.73. The molecule has 1 atom stereocenters. The predicted octanol–water partition coefficient (Wildman–Crippen LogP) is 3.14. The molecule has 0 unspecified atom stereocenters. The van der Waals surface area contributed by atoms with Crippen LogP contribution in [0, 0.1) is 0 Å². The fourth-order valence-electron chi connectivity index (χ4n) is 1.56. The second kappa shape index (κ2) is 3.74. The Morgan fingerprint density at radius 1 is 1.50 bits per heavy atom. The molecule has 1 heterocycles. The molecular formula is C10H17NO. The van der Waals surface area contributed by atoms with Crippen molar-refractivity contribution in [1.29, 1.82) is 0 Å². The van der Waals surface area contributed by atoms with Gasteiger partial charge in [-0.25, -0.2) is 0 Å². The Kier molecular flexibility index (Phi) is 2.90. The topological polar surface area (TPSA) is 26.0 Å². The van der Waals surface area contributed by atoms with Crippen molar-refractivity contribution >= 4 is 0 Å². The molecule has 0 aliphatic heterocycles. The molecule has 1 rings (SSSR count). The monoisotopic (exact) mass is 167 g/mol. The van der Waals surface area contributed by atoms with E-state index >= 15 is 0 Å². The molecule has 0 saturated heterocycles. The lowest BCUT2D eigenvalue weighted by Crippen LogP contribution is -2.20. The van der Waals surface area contributed by atoms with Crippen molar-refractivity contribution in [2.75, 3.05) is 0 Å². The molecule has 2 nitrogen and oxygen atoms in total. The molecule has 0 aromatic carbocycles. The lowest BCUT2D eigenvalue weighted by atomic mass is 9.80. The Bertz CT molecular complexity index is 218. The van der Waals surface area contributed by atoms with Gasteiger partial charge in [0.05, 0.1) is 5.69 Å². The molecule has 68 valence electrons. The first-order valence-electron chi connectivity index (χ1n) is 4.64. The maximum atomic E-state index is 4.86. The molecule has 1 aromatic rings. The maximum absolute atomic E-state index is 4.86. The highest BCUT2D eigenvalue weighted by Gasteiger charge is 2.25. The number of hydrogen-bond acceptors (Lipinski definition) is 2. The molecule has 0 amide bonds. The highest BCUT2D eigenvalue weighted by Crippen LogP contribution is 2.30. The van der Waals surface area contributed by atoms with Gasteiger partial charge in [0, 0.05) is 11.5 Å². The summed E-state index contributed by atoms with van der Waals surface area (Å²) >= 11 is 0. The number of rotatable bonds is 4. The molecule has 12 heavy (non-hydrogen) atoms. The Morgan fingerprint density at radius 2 is 2.25 bits per heavy atom. The van der Waals surface area contributed by atoms with Gasteiger partial charge < -0.3 is 4.52 Å². The average Bonchev–Trinajstić information content (AvgIpc) is 2.57. The molecule has 0 aliphatic rings. The van der Waals surface area contributed by atoms with E-state index < -0.39 is 0 Å².